The predicted molar refractivity (Wildman–Crippen MR) is 94.9 cm³/mol. The Bertz CT molecular complexity index is 794. The summed E-state index contributed by atoms with van der Waals surface area (Å²) in [5.41, 5.74) is 10.3. The highest BCUT2D eigenvalue weighted by Crippen LogP contribution is 2.27. The number of aliphatic hydroxyl groups excluding tert-OH is 1. The van der Waals surface area contributed by atoms with Crippen LogP contribution in [0.25, 0.3) is 16.9 Å². The van der Waals surface area contributed by atoms with Gasteiger partial charge < -0.3 is 10.8 Å². The van der Waals surface area contributed by atoms with E-state index in [4.69, 9.17) is 5.73 Å². The molecule has 0 aliphatic carbocycles. The summed E-state index contributed by atoms with van der Waals surface area (Å²) in [6.07, 6.45) is 6.37. The van der Waals surface area contributed by atoms with E-state index in [0.717, 1.165) is 23.4 Å². The molecule has 0 fully saturated rings. The molecule has 1 aromatic carbocycles. The van der Waals surface area contributed by atoms with Crippen molar-refractivity contribution in [1.29, 1.82) is 0 Å². The largest absolute Gasteiger partial charge is 0.396 e. The molecule has 1 unspecified atom stereocenters. The van der Waals surface area contributed by atoms with Gasteiger partial charge in [-0.15, -0.1) is 0 Å². The molecule has 2 heterocycles. The van der Waals surface area contributed by atoms with Crippen molar-refractivity contribution in [1.82, 2.24) is 14.8 Å². The first-order valence-electron chi connectivity index (χ1n) is 8.08. The molecule has 124 valence electrons. The second-order valence-corrected chi connectivity index (χ2v) is 5.94. The summed E-state index contributed by atoms with van der Waals surface area (Å²) in [5, 5.41) is 13.8. The lowest BCUT2D eigenvalue weighted by Gasteiger charge is -2.15. The lowest BCUT2D eigenvalue weighted by Crippen LogP contribution is -2.20. The van der Waals surface area contributed by atoms with Gasteiger partial charge in [-0.05, 0) is 54.6 Å². The highest BCUT2D eigenvalue weighted by atomic mass is 16.3. The normalized spacial score (nSPS) is 12.3. The maximum atomic E-state index is 9.39. The van der Waals surface area contributed by atoms with Gasteiger partial charge in [-0.25, -0.2) is 9.67 Å². The van der Waals surface area contributed by atoms with Crippen molar-refractivity contribution in [3.05, 3.63) is 66.1 Å². The van der Waals surface area contributed by atoms with Crippen molar-refractivity contribution in [2.75, 3.05) is 13.2 Å². The maximum absolute atomic E-state index is 9.39. The zero-order valence-electron chi connectivity index (χ0n) is 13.8. The predicted octanol–water partition coefficient (Wildman–Crippen LogP) is 2.35. The van der Waals surface area contributed by atoms with Crippen LogP contribution in [0.4, 0.5) is 0 Å². The Labute approximate surface area is 141 Å². The standard InChI is InChI=1S/C19H22N4O/c1-14-16(9-15(10-20)13-24)5-4-6-18(14)17-11-22-23(12-17)19-7-2-3-8-21-19/h2-8,11-12,15,24H,9-10,13,20H2,1H3. The second-order valence-electron chi connectivity index (χ2n) is 5.94. The molecule has 0 saturated heterocycles. The minimum atomic E-state index is 0.0928. The molecule has 3 aromatic rings. The lowest BCUT2D eigenvalue weighted by molar-refractivity contribution is 0.229. The van der Waals surface area contributed by atoms with Crippen molar-refractivity contribution in [3.63, 3.8) is 0 Å². The van der Waals surface area contributed by atoms with Gasteiger partial charge in [-0.1, -0.05) is 24.3 Å². The van der Waals surface area contributed by atoms with Crippen molar-refractivity contribution in [2.45, 2.75) is 13.3 Å². The van der Waals surface area contributed by atoms with Crippen LogP contribution in [-0.4, -0.2) is 33.0 Å². The van der Waals surface area contributed by atoms with Crippen LogP contribution in [0.3, 0.4) is 0 Å². The number of aromatic nitrogens is 3. The van der Waals surface area contributed by atoms with Gasteiger partial charge in [0.05, 0.1) is 6.20 Å². The Morgan fingerprint density at radius 3 is 2.79 bits per heavy atom. The molecule has 0 radical (unpaired) electrons. The Hall–Kier alpha value is -2.50. The Kier molecular flexibility index (Phi) is 5.03. The molecule has 3 N–H and O–H groups in total. The molecule has 24 heavy (non-hydrogen) atoms. The zero-order chi connectivity index (χ0) is 16.9. The van der Waals surface area contributed by atoms with E-state index in [-0.39, 0.29) is 12.5 Å². The molecular formula is C19H22N4O. The Morgan fingerprint density at radius 1 is 1.21 bits per heavy atom. The van der Waals surface area contributed by atoms with Gasteiger partial charge in [-0.3, -0.25) is 0 Å². The molecule has 3 rings (SSSR count). The topological polar surface area (TPSA) is 77.0 Å². The molecule has 1 atom stereocenters. The fourth-order valence-corrected chi connectivity index (χ4v) is 2.83. The number of pyridine rings is 1. The third-order valence-electron chi connectivity index (χ3n) is 4.32. The first-order chi connectivity index (χ1) is 11.7. The molecule has 2 aromatic heterocycles. The summed E-state index contributed by atoms with van der Waals surface area (Å²) in [6.45, 7) is 2.70. The van der Waals surface area contributed by atoms with Gasteiger partial charge >= 0.3 is 0 Å². The third-order valence-corrected chi connectivity index (χ3v) is 4.32. The van der Waals surface area contributed by atoms with E-state index in [1.54, 1.807) is 10.9 Å². The summed E-state index contributed by atoms with van der Waals surface area (Å²) in [7, 11) is 0. The zero-order valence-corrected chi connectivity index (χ0v) is 13.8. The summed E-state index contributed by atoms with van der Waals surface area (Å²) >= 11 is 0. The average molecular weight is 322 g/mol. The molecule has 0 amide bonds. The van der Waals surface area contributed by atoms with E-state index < -0.39 is 0 Å². The van der Waals surface area contributed by atoms with Crippen LogP contribution >= 0.6 is 0 Å². The van der Waals surface area contributed by atoms with Gasteiger partial charge in [0.15, 0.2) is 5.82 Å². The quantitative estimate of drug-likeness (QED) is 0.730. The van der Waals surface area contributed by atoms with E-state index in [9.17, 15) is 5.11 Å². The van der Waals surface area contributed by atoms with E-state index in [0.29, 0.717) is 6.54 Å². The van der Waals surface area contributed by atoms with Gasteiger partial charge in [0.1, 0.15) is 0 Å². The number of rotatable bonds is 6. The summed E-state index contributed by atoms with van der Waals surface area (Å²) < 4.78 is 1.78. The first kappa shape index (κ1) is 16.4. The van der Waals surface area contributed by atoms with Crippen LogP contribution in [0.15, 0.2) is 55.0 Å². The molecule has 0 aliphatic rings. The summed E-state index contributed by atoms with van der Waals surface area (Å²) in [5.74, 6) is 0.885. The van der Waals surface area contributed by atoms with Crippen LogP contribution in [0, 0.1) is 12.8 Å². The second kappa shape index (κ2) is 7.38. The Morgan fingerprint density at radius 2 is 2.08 bits per heavy atom. The number of hydrogen-bond acceptors (Lipinski definition) is 4. The van der Waals surface area contributed by atoms with Gasteiger partial charge in [0.2, 0.25) is 0 Å². The first-order valence-corrected chi connectivity index (χ1v) is 8.08. The minimum absolute atomic E-state index is 0.0928. The van der Waals surface area contributed by atoms with Crippen LogP contribution in [-0.2, 0) is 6.42 Å². The van der Waals surface area contributed by atoms with Crippen LogP contribution in [0.5, 0.6) is 0 Å². The molecule has 5 heteroatoms. The fourth-order valence-electron chi connectivity index (χ4n) is 2.83. The van der Waals surface area contributed by atoms with E-state index in [2.05, 4.69) is 29.1 Å². The fraction of sp³-hybridized carbons (Fsp3) is 0.263. The lowest BCUT2D eigenvalue weighted by atomic mass is 9.92. The number of benzene rings is 1. The van der Waals surface area contributed by atoms with Gasteiger partial charge in [0, 0.05) is 24.6 Å². The smallest absolute Gasteiger partial charge is 0.153 e. The Balaban J connectivity index is 1.92. The van der Waals surface area contributed by atoms with Crippen LogP contribution < -0.4 is 5.73 Å². The highest BCUT2D eigenvalue weighted by Gasteiger charge is 2.12. The average Bonchev–Trinajstić information content (AvgIpc) is 3.11. The van der Waals surface area contributed by atoms with Crippen LogP contribution in [0.1, 0.15) is 11.1 Å². The SMILES string of the molecule is Cc1c(CC(CN)CO)cccc1-c1cnn(-c2ccccn2)c1. The molecule has 0 bridgehead atoms. The van der Waals surface area contributed by atoms with Crippen LogP contribution in [0.2, 0.25) is 0 Å². The maximum Gasteiger partial charge on any atom is 0.153 e. The summed E-state index contributed by atoms with van der Waals surface area (Å²) in [6, 6.07) is 12.0. The molecule has 0 saturated carbocycles. The van der Waals surface area contributed by atoms with Gasteiger partial charge in [0.25, 0.3) is 0 Å². The number of hydrogen-bond donors (Lipinski definition) is 2. The number of nitrogens with two attached hydrogens (primary N) is 1. The third kappa shape index (κ3) is 3.37. The molecule has 5 nitrogen and oxygen atoms in total. The van der Waals surface area contributed by atoms with Crippen molar-refractivity contribution >= 4 is 0 Å². The number of aliphatic hydroxyl groups is 1. The van der Waals surface area contributed by atoms with Crippen molar-refractivity contribution < 1.29 is 5.11 Å². The highest BCUT2D eigenvalue weighted by molar-refractivity contribution is 5.67. The van der Waals surface area contributed by atoms with Crippen molar-refractivity contribution in [3.8, 4) is 16.9 Å². The van der Waals surface area contributed by atoms with E-state index in [1.165, 1.54) is 11.1 Å². The van der Waals surface area contributed by atoms with E-state index in [1.807, 2.05) is 36.7 Å². The molecular weight excluding hydrogens is 300 g/mol. The summed E-state index contributed by atoms with van der Waals surface area (Å²) in [4.78, 5) is 4.32. The van der Waals surface area contributed by atoms with Crippen molar-refractivity contribution in [2.24, 2.45) is 11.7 Å². The molecule has 0 spiro atoms. The molecule has 0 aliphatic heterocycles. The van der Waals surface area contributed by atoms with E-state index >= 15 is 0 Å². The number of nitrogens with zero attached hydrogens (tertiary/aromatic N) is 3. The minimum Gasteiger partial charge on any atom is -0.396 e. The monoisotopic (exact) mass is 322 g/mol. The van der Waals surface area contributed by atoms with Gasteiger partial charge in [-0.2, -0.15) is 5.10 Å².